The highest BCUT2D eigenvalue weighted by Gasteiger charge is 2.41. The lowest BCUT2D eigenvalue weighted by Crippen LogP contribution is -2.43. The molecule has 1 aliphatic rings. The van der Waals surface area contributed by atoms with Crippen LogP contribution in [-0.2, 0) is 9.53 Å². The molecule has 1 saturated heterocycles. The zero-order chi connectivity index (χ0) is 15.3. The molecule has 0 saturated carbocycles. The zero-order valence-electron chi connectivity index (χ0n) is 13.0. The molecule has 20 heavy (non-hydrogen) atoms. The summed E-state index contributed by atoms with van der Waals surface area (Å²) in [6.45, 7) is 8.00. The molecule has 116 valence electrons. The molecule has 1 amide bonds. The van der Waals surface area contributed by atoms with Gasteiger partial charge in [-0.05, 0) is 39.5 Å². The molecule has 0 aliphatic carbocycles. The highest BCUT2D eigenvalue weighted by Crippen LogP contribution is 2.29. The third-order valence-corrected chi connectivity index (χ3v) is 3.52. The van der Waals surface area contributed by atoms with Crippen molar-refractivity contribution < 1.29 is 19.4 Å². The smallest absolute Gasteiger partial charge is 0.411 e. The second-order valence-electron chi connectivity index (χ2n) is 6.58. The summed E-state index contributed by atoms with van der Waals surface area (Å²) >= 11 is 0. The molecule has 0 aromatic heterocycles. The van der Waals surface area contributed by atoms with Gasteiger partial charge < -0.3 is 9.84 Å². The first kappa shape index (κ1) is 16.8. The van der Waals surface area contributed by atoms with E-state index in [2.05, 4.69) is 6.92 Å². The van der Waals surface area contributed by atoms with Gasteiger partial charge in [-0.25, -0.2) is 9.59 Å². The minimum atomic E-state index is -0.936. The van der Waals surface area contributed by atoms with Crippen LogP contribution in [0.1, 0.15) is 59.8 Å². The van der Waals surface area contributed by atoms with Crippen LogP contribution in [0.5, 0.6) is 0 Å². The van der Waals surface area contributed by atoms with Crippen molar-refractivity contribution in [3.8, 4) is 0 Å². The van der Waals surface area contributed by atoms with Crippen LogP contribution >= 0.6 is 0 Å². The van der Waals surface area contributed by atoms with Crippen molar-refractivity contribution in [2.75, 3.05) is 6.54 Å². The van der Waals surface area contributed by atoms with Gasteiger partial charge in [-0.2, -0.15) is 0 Å². The monoisotopic (exact) mass is 285 g/mol. The molecule has 5 nitrogen and oxygen atoms in total. The van der Waals surface area contributed by atoms with E-state index in [1.807, 2.05) is 0 Å². The lowest BCUT2D eigenvalue weighted by Gasteiger charge is -2.26. The summed E-state index contributed by atoms with van der Waals surface area (Å²) in [5.74, 6) is -0.663. The number of aliphatic carboxylic acids is 1. The molecule has 1 aliphatic heterocycles. The second-order valence-corrected chi connectivity index (χ2v) is 6.58. The zero-order valence-corrected chi connectivity index (χ0v) is 13.0. The van der Waals surface area contributed by atoms with Crippen LogP contribution < -0.4 is 0 Å². The maximum absolute atomic E-state index is 12.1. The molecule has 0 radical (unpaired) electrons. The van der Waals surface area contributed by atoms with Gasteiger partial charge in [0.1, 0.15) is 11.6 Å². The molecule has 0 aromatic carbocycles. The average molecular weight is 285 g/mol. The largest absolute Gasteiger partial charge is 0.480 e. The SMILES string of the molecule is CCCCCC1CC(C(=O)O)N(C(=O)OC(C)(C)C)C1. The molecule has 1 rings (SSSR count). The third kappa shape index (κ3) is 5.02. The maximum Gasteiger partial charge on any atom is 0.411 e. The van der Waals surface area contributed by atoms with Gasteiger partial charge in [0, 0.05) is 6.54 Å². The van der Waals surface area contributed by atoms with Gasteiger partial charge >= 0.3 is 12.1 Å². The Bertz CT molecular complexity index is 348. The molecule has 2 unspecified atom stereocenters. The van der Waals surface area contributed by atoms with Crippen molar-refractivity contribution >= 4 is 12.1 Å². The molecular formula is C15H27NO4. The van der Waals surface area contributed by atoms with E-state index >= 15 is 0 Å². The number of hydrogen-bond donors (Lipinski definition) is 1. The Labute approximate surface area is 121 Å². The fourth-order valence-electron chi connectivity index (χ4n) is 2.57. The Balaban J connectivity index is 2.63. The Morgan fingerprint density at radius 1 is 1.30 bits per heavy atom. The fourth-order valence-corrected chi connectivity index (χ4v) is 2.57. The van der Waals surface area contributed by atoms with Crippen molar-refractivity contribution in [3.63, 3.8) is 0 Å². The number of carboxylic acid groups (broad SMARTS) is 1. The van der Waals surface area contributed by atoms with Gasteiger partial charge in [0.25, 0.3) is 0 Å². The average Bonchev–Trinajstić information content (AvgIpc) is 2.71. The van der Waals surface area contributed by atoms with Gasteiger partial charge in [0.05, 0.1) is 0 Å². The highest BCUT2D eigenvalue weighted by molar-refractivity contribution is 5.80. The van der Waals surface area contributed by atoms with E-state index in [0.29, 0.717) is 13.0 Å². The van der Waals surface area contributed by atoms with Gasteiger partial charge in [0.2, 0.25) is 0 Å². The van der Waals surface area contributed by atoms with Crippen molar-refractivity contribution in [2.24, 2.45) is 5.92 Å². The van der Waals surface area contributed by atoms with E-state index < -0.39 is 23.7 Å². The number of unbranched alkanes of at least 4 members (excludes halogenated alkanes) is 2. The number of rotatable bonds is 5. The van der Waals surface area contributed by atoms with Crippen molar-refractivity contribution in [1.29, 1.82) is 0 Å². The number of amides is 1. The Morgan fingerprint density at radius 2 is 1.95 bits per heavy atom. The number of ether oxygens (including phenoxy) is 1. The normalized spacial score (nSPS) is 22.9. The summed E-state index contributed by atoms with van der Waals surface area (Å²) in [5, 5.41) is 9.27. The summed E-state index contributed by atoms with van der Waals surface area (Å²) in [4.78, 5) is 24.8. The topological polar surface area (TPSA) is 66.8 Å². The van der Waals surface area contributed by atoms with E-state index in [0.717, 1.165) is 25.7 Å². The Kier molecular flexibility index (Phi) is 5.84. The molecule has 0 spiro atoms. The molecular weight excluding hydrogens is 258 g/mol. The third-order valence-electron chi connectivity index (χ3n) is 3.52. The van der Waals surface area contributed by atoms with Crippen LogP contribution in [0.15, 0.2) is 0 Å². The fraction of sp³-hybridized carbons (Fsp3) is 0.867. The van der Waals surface area contributed by atoms with E-state index in [9.17, 15) is 14.7 Å². The van der Waals surface area contributed by atoms with Crippen LogP contribution in [0.3, 0.4) is 0 Å². The Hall–Kier alpha value is -1.26. The second kappa shape index (κ2) is 6.95. The summed E-state index contributed by atoms with van der Waals surface area (Å²) in [5.41, 5.74) is -0.597. The van der Waals surface area contributed by atoms with Crippen LogP contribution in [0.2, 0.25) is 0 Å². The van der Waals surface area contributed by atoms with Gasteiger partial charge in [0.15, 0.2) is 0 Å². The standard InChI is InChI=1S/C15H27NO4/c1-5-6-7-8-11-9-12(13(17)18)16(10-11)14(19)20-15(2,3)4/h11-12H,5-10H2,1-4H3,(H,17,18). The minimum Gasteiger partial charge on any atom is -0.480 e. The van der Waals surface area contributed by atoms with Crippen LogP contribution in [0.4, 0.5) is 4.79 Å². The highest BCUT2D eigenvalue weighted by atomic mass is 16.6. The molecule has 1 N–H and O–H groups in total. The van der Waals surface area contributed by atoms with Crippen LogP contribution in [-0.4, -0.2) is 40.3 Å². The lowest BCUT2D eigenvalue weighted by molar-refractivity contribution is -0.142. The van der Waals surface area contributed by atoms with Crippen LogP contribution in [0.25, 0.3) is 0 Å². The number of hydrogen-bond acceptors (Lipinski definition) is 3. The predicted molar refractivity (Wildman–Crippen MR) is 76.6 cm³/mol. The van der Waals surface area contributed by atoms with E-state index in [1.165, 1.54) is 4.90 Å². The molecule has 0 aromatic rings. The summed E-state index contributed by atoms with van der Waals surface area (Å²) in [6.07, 6.45) is 4.40. The van der Waals surface area contributed by atoms with Crippen molar-refractivity contribution in [2.45, 2.75) is 71.4 Å². The van der Waals surface area contributed by atoms with Gasteiger partial charge in [-0.1, -0.05) is 26.2 Å². The first-order chi connectivity index (χ1) is 9.24. The number of likely N-dealkylation sites (tertiary alicyclic amines) is 1. The van der Waals surface area contributed by atoms with E-state index in [-0.39, 0.29) is 5.92 Å². The predicted octanol–water partition coefficient (Wildman–Crippen LogP) is 3.28. The summed E-state index contributed by atoms with van der Waals surface area (Å²) in [6, 6.07) is -0.739. The Morgan fingerprint density at radius 3 is 2.45 bits per heavy atom. The number of carboxylic acids is 1. The van der Waals surface area contributed by atoms with E-state index in [4.69, 9.17) is 4.74 Å². The van der Waals surface area contributed by atoms with Crippen LogP contribution in [0, 0.1) is 5.92 Å². The van der Waals surface area contributed by atoms with Crippen molar-refractivity contribution in [3.05, 3.63) is 0 Å². The molecule has 5 heteroatoms. The first-order valence-electron chi connectivity index (χ1n) is 7.47. The minimum absolute atomic E-state index is 0.273. The molecule has 2 atom stereocenters. The summed E-state index contributed by atoms with van der Waals surface area (Å²) in [7, 11) is 0. The lowest BCUT2D eigenvalue weighted by atomic mass is 9.98. The van der Waals surface area contributed by atoms with E-state index in [1.54, 1.807) is 20.8 Å². The quantitative estimate of drug-likeness (QED) is 0.787. The first-order valence-corrected chi connectivity index (χ1v) is 7.47. The number of carbonyl (C=O) groups excluding carboxylic acids is 1. The molecule has 0 bridgehead atoms. The molecule has 1 heterocycles. The number of nitrogens with zero attached hydrogens (tertiary/aromatic N) is 1. The maximum atomic E-state index is 12.1. The van der Waals surface area contributed by atoms with Gasteiger partial charge in [-0.3, -0.25) is 4.90 Å². The van der Waals surface area contributed by atoms with Gasteiger partial charge in [-0.15, -0.1) is 0 Å². The molecule has 1 fully saturated rings. The number of carbonyl (C=O) groups is 2. The summed E-state index contributed by atoms with van der Waals surface area (Å²) < 4.78 is 5.30. The van der Waals surface area contributed by atoms with Crippen molar-refractivity contribution in [1.82, 2.24) is 4.90 Å².